The molecule has 2 aromatic carbocycles. The number of methoxy groups -OCH3 is 1. The van der Waals surface area contributed by atoms with Gasteiger partial charge in [-0.1, -0.05) is 42.8 Å². The number of ether oxygens (including phenoxy) is 1. The number of hydrogen-bond acceptors (Lipinski definition) is 8. The van der Waals surface area contributed by atoms with Gasteiger partial charge in [-0.15, -0.1) is 0 Å². The molecule has 11 heteroatoms. The number of carboxylic acid groups (broad SMARTS) is 1. The molecular weight excluding hydrogens is 512 g/mol. The second-order valence-electron chi connectivity index (χ2n) is 9.63. The first kappa shape index (κ1) is 28.5. The summed E-state index contributed by atoms with van der Waals surface area (Å²) in [5, 5.41) is 21.3. The van der Waals surface area contributed by atoms with Crippen molar-refractivity contribution in [2.75, 3.05) is 25.5 Å². The largest absolute Gasteiger partial charge is 0.496 e. The second kappa shape index (κ2) is 13.5. The fourth-order valence-electron chi connectivity index (χ4n) is 4.79. The monoisotopic (exact) mass is 546 g/mol. The van der Waals surface area contributed by atoms with Crippen LogP contribution >= 0.6 is 0 Å². The number of nitrogens with zero attached hydrogens (tertiary/aromatic N) is 2. The van der Waals surface area contributed by atoms with Crippen LogP contribution in [-0.4, -0.2) is 64.8 Å². The number of benzene rings is 2. The van der Waals surface area contributed by atoms with Crippen molar-refractivity contribution in [2.45, 2.75) is 43.8 Å². The molecule has 0 spiro atoms. The average Bonchev–Trinajstić information content (AvgIpc) is 3.38. The van der Waals surface area contributed by atoms with Crippen LogP contribution in [0.5, 0.6) is 5.75 Å². The number of carboxylic acids is 1. The summed E-state index contributed by atoms with van der Waals surface area (Å²) in [6.07, 6.45) is 5.36. The van der Waals surface area contributed by atoms with E-state index in [2.05, 4.69) is 31.2 Å². The topological polar surface area (TPSA) is 155 Å². The Morgan fingerprint density at radius 2 is 1.82 bits per heavy atom. The quantitative estimate of drug-likeness (QED) is 0.161. The average molecular weight is 547 g/mol. The normalized spacial score (nSPS) is 18.1. The molecule has 5 N–H and O–H groups in total. The van der Waals surface area contributed by atoms with E-state index in [1.807, 2.05) is 36.4 Å². The Kier molecular flexibility index (Phi) is 9.63. The summed E-state index contributed by atoms with van der Waals surface area (Å²) in [6, 6.07) is 15.9. The van der Waals surface area contributed by atoms with Gasteiger partial charge in [-0.3, -0.25) is 14.4 Å². The lowest BCUT2D eigenvalue weighted by Gasteiger charge is -2.32. The Morgan fingerprint density at radius 1 is 1.05 bits per heavy atom. The highest BCUT2D eigenvalue weighted by molar-refractivity contribution is 6.02. The summed E-state index contributed by atoms with van der Waals surface area (Å²) in [4.78, 5) is 45.6. The third kappa shape index (κ3) is 7.32. The minimum absolute atomic E-state index is 0.120. The van der Waals surface area contributed by atoms with Crippen molar-refractivity contribution < 1.29 is 24.2 Å². The molecule has 3 aromatic rings. The fraction of sp³-hybridized carbons (Fsp3) is 0.345. The molecule has 1 fully saturated rings. The van der Waals surface area contributed by atoms with Gasteiger partial charge in [0.05, 0.1) is 13.2 Å². The van der Waals surface area contributed by atoms with Crippen molar-refractivity contribution in [2.24, 2.45) is 0 Å². The Labute approximate surface area is 232 Å². The molecule has 11 nitrogen and oxygen atoms in total. The number of amides is 2. The van der Waals surface area contributed by atoms with E-state index in [0.29, 0.717) is 42.9 Å². The molecule has 1 aliphatic heterocycles. The van der Waals surface area contributed by atoms with Crippen LogP contribution in [0.1, 0.15) is 42.5 Å². The number of para-hydroxylation sites is 1. The van der Waals surface area contributed by atoms with E-state index < -0.39 is 17.7 Å². The van der Waals surface area contributed by atoms with E-state index in [1.165, 1.54) is 6.33 Å². The summed E-state index contributed by atoms with van der Waals surface area (Å²) in [6.45, 7) is 0.720. The van der Waals surface area contributed by atoms with Crippen molar-refractivity contribution in [1.29, 1.82) is 0 Å². The lowest BCUT2D eigenvalue weighted by molar-refractivity contribution is -0.137. The zero-order chi connectivity index (χ0) is 28.4. The summed E-state index contributed by atoms with van der Waals surface area (Å²) >= 11 is 0. The number of carbonyl (C=O) groups is 3. The maximum absolute atomic E-state index is 13.8. The van der Waals surface area contributed by atoms with Crippen molar-refractivity contribution in [1.82, 2.24) is 25.9 Å². The van der Waals surface area contributed by atoms with Gasteiger partial charge in [0.2, 0.25) is 5.91 Å². The number of hydrogen-bond donors (Lipinski definition) is 5. The highest BCUT2D eigenvalue weighted by Gasteiger charge is 2.43. The lowest BCUT2D eigenvalue weighted by Crippen LogP contribution is -2.56. The maximum Gasteiger partial charge on any atom is 0.303 e. The van der Waals surface area contributed by atoms with Crippen molar-refractivity contribution >= 4 is 23.6 Å². The van der Waals surface area contributed by atoms with Crippen molar-refractivity contribution in [3.8, 4) is 16.9 Å². The Balaban J connectivity index is 1.50. The van der Waals surface area contributed by atoms with Gasteiger partial charge in [0.25, 0.3) is 5.91 Å². The molecule has 2 heterocycles. The molecule has 0 aliphatic carbocycles. The van der Waals surface area contributed by atoms with Crippen molar-refractivity contribution in [3.05, 3.63) is 72.7 Å². The SMILES string of the molecule is COc1ccccc1-c1ccccc1C(=O)NC1(Nc2ccncn2)CNC(C(=O)NCCCCCC(=O)O)C1. The highest BCUT2D eigenvalue weighted by Crippen LogP contribution is 2.32. The van der Waals surface area contributed by atoms with Crippen LogP contribution in [-0.2, 0) is 9.59 Å². The second-order valence-corrected chi connectivity index (χ2v) is 9.63. The number of anilines is 1. The summed E-state index contributed by atoms with van der Waals surface area (Å²) in [5.41, 5.74) is 0.963. The van der Waals surface area contributed by atoms with Gasteiger partial charge in [0.15, 0.2) is 0 Å². The zero-order valence-electron chi connectivity index (χ0n) is 22.4. The Morgan fingerprint density at radius 3 is 2.58 bits per heavy atom. The molecule has 1 aromatic heterocycles. The highest BCUT2D eigenvalue weighted by atomic mass is 16.5. The van der Waals surface area contributed by atoms with Crippen LogP contribution < -0.4 is 26.0 Å². The molecule has 4 rings (SSSR count). The van der Waals surface area contributed by atoms with E-state index in [1.54, 1.807) is 31.5 Å². The third-order valence-corrected chi connectivity index (χ3v) is 6.76. The molecule has 0 bridgehead atoms. The van der Waals surface area contributed by atoms with Gasteiger partial charge in [0, 0.05) is 43.3 Å². The lowest BCUT2D eigenvalue weighted by atomic mass is 9.97. The van der Waals surface area contributed by atoms with Crippen LogP contribution in [0.3, 0.4) is 0 Å². The fourth-order valence-corrected chi connectivity index (χ4v) is 4.79. The minimum Gasteiger partial charge on any atom is -0.496 e. The standard InChI is InChI=1S/C29H34N6O5/c1-40-24-12-7-6-10-21(24)20-9-4-5-11-22(20)27(38)35-29(34-25-14-16-30-19-33-25)17-23(32-18-29)28(39)31-15-8-2-3-13-26(36)37/h4-7,9-12,14,16,19,23,32H,2-3,8,13,15,17-18H2,1H3,(H,31,39)(H,35,38)(H,36,37)(H,30,33,34). The molecule has 1 saturated heterocycles. The summed E-state index contributed by atoms with van der Waals surface area (Å²) < 4.78 is 5.53. The summed E-state index contributed by atoms with van der Waals surface area (Å²) in [7, 11) is 1.59. The number of carbonyl (C=O) groups excluding carboxylic acids is 2. The van der Waals surface area contributed by atoms with Gasteiger partial charge in [-0.05, 0) is 36.6 Å². The minimum atomic E-state index is -1.01. The number of rotatable bonds is 13. The van der Waals surface area contributed by atoms with Crippen LogP contribution in [0, 0.1) is 0 Å². The maximum atomic E-state index is 13.8. The molecule has 1 aliphatic rings. The molecule has 2 atom stereocenters. The van der Waals surface area contributed by atoms with Crippen LogP contribution in [0.2, 0.25) is 0 Å². The van der Waals surface area contributed by atoms with Gasteiger partial charge in [-0.25, -0.2) is 9.97 Å². The van der Waals surface area contributed by atoms with E-state index >= 15 is 0 Å². The summed E-state index contributed by atoms with van der Waals surface area (Å²) in [5.74, 6) is -0.162. The Hall–Kier alpha value is -4.51. The van der Waals surface area contributed by atoms with Crippen LogP contribution in [0.15, 0.2) is 67.1 Å². The van der Waals surface area contributed by atoms with E-state index in [4.69, 9.17) is 9.84 Å². The first-order valence-corrected chi connectivity index (χ1v) is 13.2. The number of unbranched alkanes of at least 4 members (excludes halogenated alkanes) is 2. The van der Waals surface area contributed by atoms with E-state index in [9.17, 15) is 14.4 Å². The molecule has 0 saturated carbocycles. The number of aromatic nitrogens is 2. The van der Waals surface area contributed by atoms with Gasteiger partial charge in [0.1, 0.15) is 23.6 Å². The molecule has 2 unspecified atom stereocenters. The number of nitrogens with one attached hydrogen (secondary N) is 4. The van der Waals surface area contributed by atoms with E-state index in [0.717, 1.165) is 11.1 Å². The van der Waals surface area contributed by atoms with Gasteiger partial charge in [-0.2, -0.15) is 0 Å². The number of aliphatic carboxylic acids is 1. The van der Waals surface area contributed by atoms with Crippen molar-refractivity contribution in [3.63, 3.8) is 0 Å². The molecule has 210 valence electrons. The van der Waals surface area contributed by atoms with E-state index in [-0.39, 0.29) is 31.2 Å². The first-order chi connectivity index (χ1) is 19.4. The Bertz CT molecular complexity index is 1320. The third-order valence-electron chi connectivity index (χ3n) is 6.76. The smallest absolute Gasteiger partial charge is 0.303 e. The molecule has 0 radical (unpaired) electrons. The predicted molar refractivity (Wildman–Crippen MR) is 150 cm³/mol. The predicted octanol–water partition coefficient (Wildman–Crippen LogP) is 2.81. The molecular formula is C29H34N6O5. The van der Waals surface area contributed by atoms with Crippen LogP contribution in [0.4, 0.5) is 5.82 Å². The van der Waals surface area contributed by atoms with Gasteiger partial charge < -0.3 is 31.1 Å². The zero-order valence-corrected chi connectivity index (χ0v) is 22.4. The van der Waals surface area contributed by atoms with Crippen LogP contribution in [0.25, 0.3) is 11.1 Å². The van der Waals surface area contributed by atoms with Gasteiger partial charge >= 0.3 is 5.97 Å². The molecule has 40 heavy (non-hydrogen) atoms. The molecule has 2 amide bonds. The first-order valence-electron chi connectivity index (χ1n) is 13.2.